The van der Waals surface area contributed by atoms with Crippen molar-refractivity contribution in [2.45, 2.75) is 19.8 Å². The van der Waals surface area contributed by atoms with Crippen LogP contribution < -0.4 is 19.1 Å². The van der Waals surface area contributed by atoms with E-state index in [9.17, 15) is 13.2 Å². The molecule has 30 heavy (non-hydrogen) atoms. The predicted octanol–water partition coefficient (Wildman–Crippen LogP) is 3.35. The zero-order valence-electron chi connectivity index (χ0n) is 17.4. The van der Waals surface area contributed by atoms with E-state index in [1.54, 1.807) is 19.2 Å². The summed E-state index contributed by atoms with van der Waals surface area (Å²) in [5, 5.41) is 2.79. The van der Waals surface area contributed by atoms with Gasteiger partial charge in [-0.05, 0) is 71.8 Å². The van der Waals surface area contributed by atoms with Gasteiger partial charge in [-0.2, -0.15) is 0 Å². The molecule has 2 aromatic carbocycles. The van der Waals surface area contributed by atoms with Crippen LogP contribution in [-0.4, -0.2) is 47.4 Å². The van der Waals surface area contributed by atoms with E-state index in [1.807, 2.05) is 37.3 Å². The number of amides is 1. The van der Waals surface area contributed by atoms with Crippen LogP contribution >= 0.6 is 22.6 Å². The van der Waals surface area contributed by atoms with Crippen molar-refractivity contribution in [1.82, 2.24) is 5.32 Å². The van der Waals surface area contributed by atoms with Crippen LogP contribution in [0.5, 0.6) is 11.5 Å². The van der Waals surface area contributed by atoms with Crippen LogP contribution in [0.25, 0.3) is 0 Å². The van der Waals surface area contributed by atoms with Crippen LogP contribution in [0.4, 0.5) is 5.69 Å². The standard InChI is InChI=1S/C21H27IN2O5S/c1-16-14-17(22)9-10-20(16)24(30(3,26)27)12-5-8-21(25)23-11-13-29-19-7-4-6-18(15-19)28-2/h4,6-7,9-10,14-15H,5,8,11-13H2,1-3H3,(H,23,25). The summed E-state index contributed by atoms with van der Waals surface area (Å²) in [4.78, 5) is 12.1. The Morgan fingerprint density at radius 3 is 2.57 bits per heavy atom. The monoisotopic (exact) mass is 546 g/mol. The summed E-state index contributed by atoms with van der Waals surface area (Å²) in [6, 6.07) is 12.8. The molecule has 9 heteroatoms. The third kappa shape index (κ3) is 7.67. The first-order chi connectivity index (χ1) is 14.2. The quantitative estimate of drug-likeness (QED) is 0.345. The highest BCUT2D eigenvalue weighted by atomic mass is 127. The predicted molar refractivity (Wildman–Crippen MR) is 127 cm³/mol. The second kappa shape index (κ2) is 11.4. The molecule has 0 saturated carbocycles. The van der Waals surface area contributed by atoms with E-state index < -0.39 is 10.0 Å². The van der Waals surface area contributed by atoms with Crippen molar-refractivity contribution in [1.29, 1.82) is 0 Å². The van der Waals surface area contributed by atoms with Gasteiger partial charge in [0.2, 0.25) is 15.9 Å². The van der Waals surface area contributed by atoms with Gasteiger partial charge in [0.25, 0.3) is 0 Å². The minimum atomic E-state index is -3.44. The first kappa shape index (κ1) is 24.3. The molecule has 0 atom stereocenters. The summed E-state index contributed by atoms with van der Waals surface area (Å²) in [6.45, 7) is 2.82. The molecule has 0 bridgehead atoms. The van der Waals surface area contributed by atoms with Crippen molar-refractivity contribution < 1.29 is 22.7 Å². The number of aryl methyl sites for hydroxylation is 1. The third-order valence-electron chi connectivity index (χ3n) is 4.33. The lowest BCUT2D eigenvalue weighted by Gasteiger charge is -2.24. The Kier molecular flexibility index (Phi) is 9.22. The molecule has 0 aliphatic heterocycles. The van der Waals surface area contributed by atoms with Gasteiger partial charge in [-0.1, -0.05) is 6.07 Å². The maximum absolute atomic E-state index is 12.2. The molecule has 0 aliphatic carbocycles. The average molecular weight is 546 g/mol. The number of hydrogen-bond donors (Lipinski definition) is 1. The SMILES string of the molecule is COc1cccc(OCCNC(=O)CCCN(c2ccc(I)cc2C)S(C)(=O)=O)c1. The van der Waals surface area contributed by atoms with Gasteiger partial charge in [0, 0.05) is 22.6 Å². The molecule has 0 heterocycles. The minimum Gasteiger partial charge on any atom is -0.497 e. The Morgan fingerprint density at radius 1 is 1.17 bits per heavy atom. The van der Waals surface area contributed by atoms with Crippen molar-refractivity contribution in [3.05, 3.63) is 51.6 Å². The highest BCUT2D eigenvalue weighted by Gasteiger charge is 2.19. The Labute approximate surface area is 191 Å². The van der Waals surface area contributed by atoms with Crippen LogP contribution in [0.2, 0.25) is 0 Å². The number of nitrogens with zero attached hydrogens (tertiary/aromatic N) is 1. The number of ether oxygens (including phenoxy) is 2. The second-order valence-corrected chi connectivity index (χ2v) is 9.90. The molecule has 0 unspecified atom stereocenters. The second-order valence-electron chi connectivity index (χ2n) is 6.75. The van der Waals surface area contributed by atoms with E-state index in [4.69, 9.17) is 9.47 Å². The van der Waals surface area contributed by atoms with Crippen LogP contribution in [0.3, 0.4) is 0 Å². The highest BCUT2D eigenvalue weighted by molar-refractivity contribution is 14.1. The minimum absolute atomic E-state index is 0.142. The van der Waals surface area contributed by atoms with Gasteiger partial charge in [-0.3, -0.25) is 9.10 Å². The van der Waals surface area contributed by atoms with Crippen molar-refractivity contribution in [3.8, 4) is 11.5 Å². The van der Waals surface area contributed by atoms with Crippen molar-refractivity contribution in [3.63, 3.8) is 0 Å². The highest BCUT2D eigenvalue weighted by Crippen LogP contribution is 2.24. The van der Waals surface area contributed by atoms with Crippen molar-refractivity contribution in [2.24, 2.45) is 0 Å². The number of anilines is 1. The number of carbonyl (C=O) groups is 1. The van der Waals surface area contributed by atoms with Gasteiger partial charge in [0.15, 0.2) is 0 Å². The molecular formula is C21H27IN2O5S. The smallest absolute Gasteiger partial charge is 0.232 e. The summed E-state index contributed by atoms with van der Waals surface area (Å²) in [5.41, 5.74) is 1.52. The summed E-state index contributed by atoms with van der Waals surface area (Å²) in [6.07, 6.45) is 1.83. The van der Waals surface area contributed by atoms with Crippen molar-refractivity contribution >= 4 is 44.2 Å². The van der Waals surface area contributed by atoms with E-state index in [0.29, 0.717) is 36.8 Å². The Morgan fingerprint density at radius 2 is 1.90 bits per heavy atom. The van der Waals surface area contributed by atoms with E-state index in [1.165, 1.54) is 10.6 Å². The number of sulfonamides is 1. The lowest BCUT2D eigenvalue weighted by atomic mass is 10.2. The van der Waals surface area contributed by atoms with Gasteiger partial charge in [0.1, 0.15) is 18.1 Å². The van der Waals surface area contributed by atoms with Gasteiger partial charge in [-0.15, -0.1) is 0 Å². The van der Waals surface area contributed by atoms with E-state index in [0.717, 1.165) is 9.13 Å². The fraction of sp³-hybridized carbons (Fsp3) is 0.381. The molecular weight excluding hydrogens is 519 g/mol. The Hall–Kier alpha value is -2.01. The summed E-state index contributed by atoms with van der Waals surface area (Å²) in [5.74, 6) is 1.23. The summed E-state index contributed by atoms with van der Waals surface area (Å²) >= 11 is 2.19. The molecule has 0 spiro atoms. The van der Waals surface area contributed by atoms with Gasteiger partial charge in [-0.25, -0.2) is 8.42 Å². The normalized spacial score (nSPS) is 11.1. The number of hydrogen-bond acceptors (Lipinski definition) is 5. The largest absolute Gasteiger partial charge is 0.497 e. The van der Waals surface area contributed by atoms with Gasteiger partial charge in [0.05, 0.1) is 25.6 Å². The van der Waals surface area contributed by atoms with E-state index >= 15 is 0 Å². The molecule has 0 radical (unpaired) electrons. The molecule has 1 amide bonds. The van der Waals surface area contributed by atoms with E-state index in [2.05, 4.69) is 27.9 Å². The fourth-order valence-electron chi connectivity index (χ4n) is 2.89. The van der Waals surface area contributed by atoms with Crippen molar-refractivity contribution in [2.75, 3.05) is 37.4 Å². The molecule has 2 rings (SSSR count). The first-order valence-electron chi connectivity index (χ1n) is 9.48. The fourth-order valence-corrected chi connectivity index (χ4v) is 4.56. The third-order valence-corrected chi connectivity index (χ3v) is 6.18. The molecule has 1 N–H and O–H groups in total. The van der Waals surface area contributed by atoms with E-state index in [-0.39, 0.29) is 18.9 Å². The van der Waals surface area contributed by atoms with Crippen LogP contribution in [0, 0.1) is 10.5 Å². The lowest BCUT2D eigenvalue weighted by Crippen LogP contribution is -2.33. The number of carbonyl (C=O) groups excluding carboxylic acids is 1. The number of methoxy groups -OCH3 is 1. The molecule has 0 aromatic heterocycles. The molecule has 0 fully saturated rings. The zero-order chi connectivity index (χ0) is 22.1. The number of rotatable bonds is 11. The number of halogens is 1. The maximum Gasteiger partial charge on any atom is 0.232 e. The molecule has 164 valence electrons. The lowest BCUT2D eigenvalue weighted by molar-refractivity contribution is -0.121. The molecule has 7 nitrogen and oxygen atoms in total. The molecule has 0 saturated heterocycles. The number of benzene rings is 2. The van der Waals surface area contributed by atoms with Gasteiger partial charge >= 0.3 is 0 Å². The zero-order valence-corrected chi connectivity index (χ0v) is 20.3. The number of nitrogens with one attached hydrogen (secondary N) is 1. The maximum atomic E-state index is 12.2. The summed E-state index contributed by atoms with van der Waals surface area (Å²) < 4.78 is 37.6. The van der Waals surface area contributed by atoms with Crippen LogP contribution in [0.15, 0.2) is 42.5 Å². The van der Waals surface area contributed by atoms with Crippen LogP contribution in [0.1, 0.15) is 18.4 Å². The van der Waals surface area contributed by atoms with Gasteiger partial charge < -0.3 is 14.8 Å². The van der Waals surface area contributed by atoms with Crippen LogP contribution in [-0.2, 0) is 14.8 Å². The summed E-state index contributed by atoms with van der Waals surface area (Å²) in [7, 11) is -1.85. The first-order valence-corrected chi connectivity index (χ1v) is 12.4. The Balaban J connectivity index is 1.78. The average Bonchev–Trinajstić information content (AvgIpc) is 2.69. The Bertz CT molecular complexity index is 966. The topological polar surface area (TPSA) is 84.9 Å². The molecule has 2 aromatic rings. The molecule has 0 aliphatic rings.